The molecular formula is C5H12N2O3S. The number of rotatable bonds is 2. The van der Waals surface area contributed by atoms with Crippen LogP contribution in [0.3, 0.4) is 0 Å². The van der Waals surface area contributed by atoms with Crippen LogP contribution in [0, 0.1) is 0 Å². The molecular weight excluding hydrogens is 168 g/mol. The van der Waals surface area contributed by atoms with Crippen LogP contribution < -0.4 is 10.0 Å². The van der Waals surface area contributed by atoms with Crippen LogP contribution in [0.15, 0.2) is 0 Å². The van der Waals surface area contributed by atoms with E-state index in [4.69, 9.17) is 4.55 Å². The van der Waals surface area contributed by atoms with Gasteiger partial charge in [0.2, 0.25) is 0 Å². The fourth-order valence-corrected chi connectivity index (χ4v) is 1.79. The topological polar surface area (TPSA) is 78.4 Å². The van der Waals surface area contributed by atoms with Crippen LogP contribution in [0.25, 0.3) is 0 Å². The van der Waals surface area contributed by atoms with Crippen molar-refractivity contribution in [2.24, 2.45) is 0 Å². The molecule has 1 fully saturated rings. The molecule has 0 bridgehead atoms. The van der Waals surface area contributed by atoms with Gasteiger partial charge in [-0.25, -0.2) is 0 Å². The fraction of sp³-hybridized carbons (Fsp3) is 1.00. The van der Waals surface area contributed by atoms with Gasteiger partial charge < -0.3 is 5.32 Å². The molecule has 3 N–H and O–H groups in total. The third-order valence-corrected chi connectivity index (χ3v) is 2.24. The molecule has 1 aliphatic rings. The molecule has 1 atom stereocenters. The Labute approximate surface area is 66.1 Å². The minimum Gasteiger partial charge on any atom is -0.315 e. The molecule has 66 valence electrons. The molecule has 1 aliphatic heterocycles. The molecule has 1 rings (SSSR count). The lowest BCUT2D eigenvalue weighted by molar-refractivity contribution is 0.401. The van der Waals surface area contributed by atoms with Crippen molar-refractivity contribution in [3.05, 3.63) is 0 Å². The van der Waals surface area contributed by atoms with Gasteiger partial charge in [0.1, 0.15) is 0 Å². The lowest BCUT2D eigenvalue weighted by Crippen LogP contribution is -2.45. The fourth-order valence-electron chi connectivity index (χ4n) is 1.16. The maximum absolute atomic E-state index is 10.3. The van der Waals surface area contributed by atoms with E-state index in [0.717, 1.165) is 19.4 Å². The summed E-state index contributed by atoms with van der Waals surface area (Å²) in [5.41, 5.74) is 0. The van der Waals surface area contributed by atoms with Gasteiger partial charge in [0, 0.05) is 12.6 Å². The van der Waals surface area contributed by atoms with E-state index in [1.165, 1.54) is 0 Å². The molecule has 0 aromatic heterocycles. The summed E-state index contributed by atoms with van der Waals surface area (Å²) in [7, 11) is -4.01. The Bertz CT molecular complexity index is 208. The molecule has 1 saturated heterocycles. The van der Waals surface area contributed by atoms with Gasteiger partial charge in [-0.2, -0.15) is 13.1 Å². The number of hydrogen-bond donors (Lipinski definition) is 3. The Balaban J connectivity index is 2.36. The molecule has 1 unspecified atom stereocenters. The average molecular weight is 180 g/mol. The Hall–Kier alpha value is -0.170. The standard InChI is InChI=1S/C5H12N2O3S/c8-11(9,10)7-5-2-1-3-6-4-5/h5-7H,1-4H2,(H,8,9,10). The Morgan fingerprint density at radius 3 is 2.73 bits per heavy atom. The average Bonchev–Trinajstić information content (AvgIpc) is 1.85. The van der Waals surface area contributed by atoms with Crippen molar-refractivity contribution in [2.75, 3.05) is 13.1 Å². The lowest BCUT2D eigenvalue weighted by atomic mass is 10.1. The smallest absolute Gasteiger partial charge is 0.315 e. The van der Waals surface area contributed by atoms with Crippen LogP contribution >= 0.6 is 0 Å². The third-order valence-electron chi connectivity index (χ3n) is 1.61. The van der Waals surface area contributed by atoms with Crippen LogP contribution in [-0.2, 0) is 10.3 Å². The number of piperidine rings is 1. The van der Waals surface area contributed by atoms with Gasteiger partial charge in [-0.05, 0) is 19.4 Å². The van der Waals surface area contributed by atoms with Gasteiger partial charge in [-0.15, -0.1) is 0 Å². The van der Waals surface area contributed by atoms with Crippen molar-refractivity contribution in [2.45, 2.75) is 18.9 Å². The van der Waals surface area contributed by atoms with Crippen LogP contribution in [0.4, 0.5) is 0 Å². The quantitative estimate of drug-likeness (QED) is 0.483. The van der Waals surface area contributed by atoms with E-state index in [0.29, 0.717) is 6.54 Å². The lowest BCUT2D eigenvalue weighted by Gasteiger charge is -2.21. The molecule has 0 spiro atoms. The van der Waals surface area contributed by atoms with E-state index in [2.05, 4.69) is 10.0 Å². The highest BCUT2D eigenvalue weighted by molar-refractivity contribution is 7.83. The van der Waals surface area contributed by atoms with E-state index in [9.17, 15) is 8.42 Å². The third kappa shape index (κ3) is 3.66. The van der Waals surface area contributed by atoms with Crippen molar-refractivity contribution in [3.8, 4) is 0 Å². The van der Waals surface area contributed by atoms with E-state index >= 15 is 0 Å². The first-order valence-corrected chi connectivity index (χ1v) is 4.97. The van der Waals surface area contributed by atoms with E-state index in [1.54, 1.807) is 0 Å². The maximum Gasteiger partial charge on any atom is 0.333 e. The summed E-state index contributed by atoms with van der Waals surface area (Å²) in [6.45, 7) is 1.52. The van der Waals surface area contributed by atoms with Gasteiger partial charge in [0.05, 0.1) is 0 Å². The van der Waals surface area contributed by atoms with Crippen molar-refractivity contribution in [1.29, 1.82) is 0 Å². The molecule has 0 aliphatic carbocycles. The SMILES string of the molecule is O=S(=O)(O)NC1CCCNC1. The predicted molar refractivity (Wildman–Crippen MR) is 40.6 cm³/mol. The van der Waals surface area contributed by atoms with E-state index in [-0.39, 0.29) is 6.04 Å². The molecule has 0 aromatic rings. The summed E-state index contributed by atoms with van der Waals surface area (Å²) in [6, 6.07) is -0.154. The van der Waals surface area contributed by atoms with Crippen molar-refractivity contribution < 1.29 is 13.0 Å². The Morgan fingerprint density at radius 1 is 1.55 bits per heavy atom. The predicted octanol–water partition coefficient (Wildman–Crippen LogP) is -0.869. The first-order valence-electron chi connectivity index (χ1n) is 3.53. The van der Waals surface area contributed by atoms with Crippen molar-refractivity contribution in [1.82, 2.24) is 10.0 Å². The first-order chi connectivity index (χ1) is 5.08. The maximum atomic E-state index is 10.3. The van der Waals surface area contributed by atoms with Crippen LogP contribution in [0.5, 0.6) is 0 Å². The zero-order chi connectivity index (χ0) is 8.32. The summed E-state index contributed by atoms with van der Waals surface area (Å²) in [4.78, 5) is 0. The number of hydrogen-bond acceptors (Lipinski definition) is 3. The monoisotopic (exact) mass is 180 g/mol. The molecule has 1 heterocycles. The van der Waals surface area contributed by atoms with E-state index < -0.39 is 10.3 Å². The molecule has 5 nitrogen and oxygen atoms in total. The Kier molecular flexibility index (Phi) is 2.83. The molecule has 0 aromatic carbocycles. The Morgan fingerprint density at radius 2 is 2.27 bits per heavy atom. The van der Waals surface area contributed by atoms with Gasteiger partial charge in [0.25, 0.3) is 0 Å². The van der Waals surface area contributed by atoms with Crippen LogP contribution in [0.2, 0.25) is 0 Å². The largest absolute Gasteiger partial charge is 0.333 e. The van der Waals surface area contributed by atoms with Gasteiger partial charge >= 0.3 is 10.3 Å². The zero-order valence-corrected chi connectivity index (χ0v) is 6.89. The van der Waals surface area contributed by atoms with Gasteiger partial charge in [0.15, 0.2) is 0 Å². The first kappa shape index (κ1) is 8.92. The van der Waals surface area contributed by atoms with Crippen LogP contribution in [0.1, 0.15) is 12.8 Å². The molecule has 11 heavy (non-hydrogen) atoms. The number of nitrogens with one attached hydrogen (secondary N) is 2. The second-order valence-electron chi connectivity index (χ2n) is 2.64. The summed E-state index contributed by atoms with van der Waals surface area (Å²) < 4.78 is 31.2. The molecule has 0 radical (unpaired) electrons. The molecule has 0 saturated carbocycles. The van der Waals surface area contributed by atoms with Crippen molar-refractivity contribution >= 4 is 10.3 Å². The van der Waals surface area contributed by atoms with Gasteiger partial charge in [-0.3, -0.25) is 4.55 Å². The summed E-state index contributed by atoms with van der Waals surface area (Å²) in [6.07, 6.45) is 1.72. The zero-order valence-electron chi connectivity index (χ0n) is 6.08. The normalized spacial score (nSPS) is 26.8. The minimum atomic E-state index is -4.01. The summed E-state index contributed by atoms with van der Waals surface area (Å²) >= 11 is 0. The molecule has 6 heteroatoms. The summed E-state index contributed by atoms with van der Waals surface area (Å²) in [5.74, 6) is 0. The van der Waals surface area contributed by atoms with Gasteiger partial charge in [-0.1, -0.05) is 0 Å². The summed E-state index contributed by atoms with van der Waals surface area (Å²) in [5, 5.41) is 3.02. The highest BCUT2D eigenvalue weighted by Crippen LogP contribution is 2.01. The minimum absolute atomic E-state index is 0.154. The van der Waals surface area contributed by atoms with E-state index in [1.807, 2.05) is 0 Å². The second-order valence-corrected chi connectivity index (χ2v) is 3.82. The second kappa shape index (κ2) is 3.48. The highest BCUT2D eigenvalue weighted by atomic mass is 32.2. The molecule has 0 amide bonds. The van der Waals surface area contributed by atoms with Crippen LogP contribution in [-0.4, -0.2) is 32.1 Å². The highest BCUT2D eigenvalue weighted by Gasteiger charge is 2.16. The van der Waals surface area contributed by atoms with Crippen molar-refractivity contribution in [3.63, 3.8) is 0 Å².